The van der Waals surface area contributed by atoms with Crippen molar-refractivity contribution in [1.29, 1.82) is 0 Å². The van der Waals surface area contributed by atoms with Gasteiger partial charge in [0.25, 0.3) is 0 Å². The summed E-state index contributed by atoms with van der Waals surface area (Å²) in [5.41, 5.74) is 6.52. The van der Waals surface area contributed by atoms with Gasteiger partial charge in [0.1, 0.15) is 11.9 Å². The maximum atomic E-state index is 14.1. The van der Waals surface area contributed by atoms with Crippen LogP contribution in [0.2, 0.25) is 0 Å². The van der Waals surface area contributed by atoms with Gasteiger partial charge in [-0.25, -0.2) is 4.39 Å². The Hall–Kier alpha value is -4.13. The zero-order valence-corrected chi connectivity index (χ0v) is 22.1. The van der Waals surface area contributed by atoms with Crippen LogP contribution >= 0.6 is 0 Å². The van der Waals surface area contributed by atoms with Gasteiger partial charge in [0.05, 0.1) is 7.11 Å². The fourth-order valence-corrected chi connectivity index (χ4v) is 5.48. The van der Waals surface area contributed by atoms with E-state index >= 15 is 0 Å². The Morgan fingerprint density at radius 3 is 2.39 bits per heavy atom. The topological polar surface area (TPSA) is 123 Å². The smallest absolute Gasteiger partial charge is 0.429 e. The van der Waals surface area contributed by atoms with Crippen LogP contribution in [-0.2, 0) is 4.79 Å². The number of carboxylic acid groups (broad SMARTS) is 1. The summed E-state index contributed by atoms with van der Waals surface area (Å²) in [7, 11) is 1.34. The molecule has 5 rings (SSSR count). The lowest BCUT2D eigenvalue weighted by Gasteiger charge is -2.39. The molecule has 13 heteroatoms. The Kier molecular flexibility index (Phi) is 7.64. The fraction of sp³-hybridized carbons (Fsp3) is 0.393. The van der Waals surface area contributed by atoms with Crippen molar-refractivity contribution < 1.29 is 36.9 Å². The number of piperidine rings is 1. The number of aliphatic carboxylic acids is 1. The molecule has 2 saturated heterocycles. The lowest BCUT2D eigenvalue weighted by Crippen LogP contribution is -2.41. The predicted molar refractivity (Wildman–Crippen MR) is 142 cm³/mol. The first kappa shape index (κ1) is 28.4. The second-order valence-electron chi connectivity index (χ2n) is 10.4. The molecule has 0 unspecified atom stereocenters. The van der Waals surface area contributed by atoms with Gasteiger partial charge in [0.2, 0.25) is 17.9 Å². The molecule has 2 aliphatic rings. The average Bonchev–Trinajstić information content (AvgIpc) is 3.35. The van der Waals surface area contributed by atoms with Crippen LogP contribution in [0.3, 0.4) is 0 Å². The molecule has 41 heavy (non-hydrogen) atoms. The maximum Gasteiger partial charge on any atom is 0.429 e. The Bertz CT molecular complexity index is 1410. The molecule has 3 heterocycles. The van der Waals surface area contributed by atoms with Gasteiger partial charge in [-0.15, -0.1) is 0 Å². The van der Waals surface area contributed by atoms with Gasteiger partial charge in [-0.3, -0.25) is 4.79 Å². The molecular weight excluding hydrogens is 546 g/mol. The zero-order valence-electron chi connectivity index (χ0n) is 22.1. The Morgan fingerprint density at radius 2 is 1.80 bits per heavy atom. The van der Waals surface area contributed by atoms with E-state index in [1.165, 1.54) is 49.6 Å². The minimum absolute atomic E-state index is 0.0610. The van der Waals surface area contributed by atoms with Crippen LogP contribution in [0.1, 0.15) is 30.9 Å². The number of aromatic nitrogens is 2. The summed E-state index contributed by atoms with van der Waals surface area (Å²) in [6.45, 7) is 1.65. The maximum absolute atomic E-state index is 14.1. The second-order valence-corrected chi connectivity index (χ2v) is 10.4. The van der Waals surface area contributed by atoms with E-state index in [1.54, 1.807) is 6.07 Å². The molecule has 0 bridgehead atoms. The number of rotatable bonds is 7. The number of hydrogen-bond donors (Lipinski definition) is 3. The highest BCUT2D eigenvalue weighted by atomic mass is 19.4. The van der Waals surface area contributed by atoms with Crippen molar-refractivity contribution in [1.82, 2.24) is 15.3 Å². The SMILES string of the molecule is COc1ccc(-c2ccc([C@@H](Oc3cc(N4CCC5(CC4)CN[C@H](C(=O)O)C5)nc(N)n3)C(F)(F)F)cc2)cc1F. The standard InChI is InChI=1S/C28H29F4N5O4/c1-40-21-7-6-18(12-19(21)29)16-2-4-17(5-3-16)24(28(30,31)32)41-23-13-22(35-26(33)36-23)37-10-8-27(9-11-37)14-20(25(38)39)34-15-27/h2-7,12-13,20,24,34H,8-11,14-15H2,1H3,(H,38,39)(H2,33,35,36)/t20-,24+/m0/s1. The van der Waals surface area contributed by atoms with Crippen molar-refractivity contribution >= 4 is 17.7 Å². The van der Waals surface area contributed by atoms with Gasteiger partial charge in [-0.2, -0.15) is 23.1 Å². The van der Waals surface area contributed by atoms with Crippen molar-refractivity contribution in [3.63, 3.8) is 0 Å². The molecule has 4 N–H and O–H groups in total. The second kappa shape index (κ2) is 11.0. The number of benzene rings is 2. The zero-order chi connectivity index (χ0) is 29.4. The number of nitrogens with two attached hydrogens (primary N) is 1. The van der Waals surface area contributed by atoms with Crippen molar-refractivity contribution in [2.45, 2.75) is 37.6 Å². The van der Waals surface area contributed by atoms with Crippen molar-refractivity contribution in [2.75, 3.05) is 37.4 Å². The number of nitrogen functional groups attached to an aromatic ring is 1. The monoisotopic (exact) mass is 575 g/mol. The Morgan fingerprint density at radius 1 is 1.12 bits per heavy atom. The van der Waals surface area contributed by atoms with E-state index in [-0.39, 0.29) is 28.6 Å². The number of anilines is 2. The summed E-state index contributed by atoms with van der Waals surface area (Å²) in [5, 5.41) is 12.4. The highest BCUT2D eigenvalue weighted by Gasteiger charge is 2.45. The summed E-state index contributed by atoms with van der Waals surface area (Å²) >= 11 is 0. The molecule has 0 aliphatic carbocycles. The first-order chi connectivity index (χ1) is 19.5. The van der Waals surface area contributed by atoms with E-state index in [4.69, 9.17) is 15.2 Å². The molecule has 9 nitrogen and oxygen atoms in total. The van der Waals surface area contributed by atoms with Gasteiger partial charge in [-0.1, -0.05) is 30.3 Å². The number of carboxylic acids is 1. The molecule has 2 aromatic carbocycles. The third-order valence-corrected chi connectivity index (χ3v) is 7.75. The van der Waals surface area contributed by atoms with Crippen molar-refractivity contribution in [3.8, 4) is 22.8 Å². The first-order valence-corrected chi connectivity index (χ1v) is 13.0. The molecule has 1 aromatic heterocycles. The van der Waals surface area contributed by atoms with Crippen LogP contribution in [-0.4, -0.2) is 60.0 Å². The molecule has 218 valence electrons. The summed E-state index contributed by atoms with van der Waals surface area (Å²) in [6, 6.07) is 10.5. The Balaban J connectivity index is 1.32. The fourth-order valence-electron chi connectivity index (χ4n) is 5.48. The molecule has 0 radical (unpaired) electrons. The van der Waals surface area contributed by atoms with Gasteiger partial charge in [-0.05, 0) is 47.9 Å². The largest absolute Gasteiger partial charge is 0.494 e. The quantitative estimate of drug-likeness (QED) is 0.347. The highest BCUT2D eigenvalue weighted by molar-refractivity contribution is 5.74. The summed E-state index contributed by atoms with van der Waals surface area (Å²) in [4.78, 5) is 21.3. The van der Waals surface area contributed by atoms with Crippen LogP contribution < -0.4 is 25.4 Å². The predicted octanol–water partition coefficient (Wildman–Crippen LogP) is 4.59. The molecule has 0 saturated carbocycles. The number of nitrogens with one attached hydrogen (secondary N) is 1. The van der Waals surface area contributed by atoms with Crippen LogP contribution in [0.4, 0.5) is 29.3 Å². The van der Waals surface area contributed by atoms with Crippen molar-refractivity contribution in [2.24, 2.45) is 5.41 Å². The van der Waals surface area contributed by atoms with Gasteiger partial charge < -0.3 is 30.5 Å². The van der Waals surface area contributed by atoms with Gasteiger partial charge in [0, 0.05) is 31.3 Å². The van der Waals surface area contributed by atoms with E-state index < -0.39 is 30.1 Å². The minimum Gasteiger partial charge on any atom is -0.494 e. The highest BCUT2D eigenvalue weighted by Crippen LogP contribution is 2.41. The molecule has 3 aromatic rings. The Labute approximate surface area is 233 Å². The number of carbonyl (C=O) groups is 1. The molecule has 2 aliphatic heterocycles. The number of methoxy groups -OCH3 is 1. The van der Waals surface area contributed by atoms with E-state index in [0.29, 0.717) is 55.8 Å². The molecule has 0 amide bonds. The summed E-state index contributed by atoms with van der Waals surface area (Å²) in [6.07, 6.45) is -5.20. The molecule has 2 fully saturated rings. The number of halogens is 4. The van der Waals surface area contributed by atoms with Crippen molar-refractivity contribution in [3.05, 3.63) is 59.9 Å². The third-order valence-electron chi connectivity index (χ3n) is 7.75. The lowest BCUT2D eigenvalue weighted by atomic mass is 9.76. The number of hydrogen-bond acceptors (Lipinski definition) is 8. The molecule has 1 spiro atoms. The molecular formula is C28H29F4N5O4. The first-order valence-electron chi connectivity index (χ1n) is 13.0. The minimum atomic E-state index is -4.78. The molecule has 2 atom stereocenters. The van der Waals surface area contributed by atoms with Crippen LogP contribution in [0.15, 0.2) is 48.5 Å². The third kappa shape index (κ3) is 6.14. The van der Waals surface area contributed by atoms with E-state index in [9.17, 15) is 27.5 Å². The summed E-state index contributed by atoms with van der Waals surface area (Å²) < 4.78 is 66.8. The number of ether oxygens (including phenoxy) is 2. The van der Waals surface area contributed by atoms with Gasteiger partial charge in [0.15, 0.2) is 11.6 Å². The number of alkyl halides is 3. The number of nitrogens with zero attached hydrogens (tertiary/aromatic N) is 3. The van der Waals surface area contributed by atoms with Crippen LogP contribution in [0, 0.1) is 11.2 Å². The summed E-state index contributed by atoms with van der Waals surface area (Å²) in [5.74, 6) is -1.63. The van der Waals surface area contributed by atoms with E-state index in [2.05, 4.69) is 15.3 Å². The average molecular weight is 576 g/mol. The van der Waals surface area contributed by atoms with Crippen LogP contribution in [0.5, 0.6) is 11.6 Å². The van der Waals surface area contributed by atoms with E-state index in [1.807, 2.05) is 4.90 Å². The lowest BCUT2D eigenvalue weighted by molar-refractivity contribution is -0.198. The van der Waals surface area contributed by atoms with Crippen LogP contribution in [0.25, 0.3) is 11.1 Å². The normalized spacial score (nSPS) is 19.2. The van der Waals surface area contributed by atoms with Gasteiger partial charge >= 0.3 is 12.1 Å². The van der Waals surface area contributed by atoms with E-state index in [0.717, 1.165) is 0 Å².